The molecule has 0 atom stereocenters. The molecule has 0 unspecified atom stereocenters. The molecule has 0 N–H and O–H groups in total. The lowest BCUT2D eigenvalue weighted by Gasteiger charge is -2.45. The molecule has 1 aromatic rings. The minimum atomic E-state index is -1.49. The zero-order chi connectivity index (χ0) is 31.3. The normalized spacial score (nSPS) is 17.3. The highest BCUT2D eigenvalue weighted by molar-refractivity contribution is 7.89. The van der Waals surface area contributed by atoms with Crippen LogP contribution in [0.25, 0.3) is 0 Å². The summed E-state index contributed by atoms with van der Waals surface area (Å²) in [6.07, 6.45) is 9.10. The van der Waals surface area contributed by atoms with Gasteiger partial charge in [-0.05, 0) is 65.7 Å². The first-order chi connectivity index (χ1) is 17.7. The Morgan fingerprint density at radius 1 is 0.425 bits per heavy atom. The predicted octanol–water partition coefficient (Wildman–Crippen LogP) is 12.0. The molecule has 1 aliphatic carbocycles. The van der Waals surface area contributed by atoms with Gasteiger partial charge in [-0.1, -0.05) is 138 Å². The maximum Gasteiger partial charge on any atom is 0.0493 e. The van der Waals surface area contributed by atoms with E-state index in [1.54, 1.807) is 22.0 Å². The summed E-state index contributed by atoms with van der Waals surface area (Å²) in [7, 11) is -5.87. The van der Waals surface area contributed by atoms with Gasteiger partial charge in [-0.15, -0.1) is 0 Å². The van der Waals surface area contributed by atoms with Crippen LogP contribution in [0.3, 0.4) is 0 Å². The molecule has 0 nitrogen and oxygen atoms in total. The zero-order valence-corrected chi connectivity index (χ0v) is 37.4. The number of benzene rings is 1. The van der Waals surface area contributed by atoms with E-state index in [0.717, 1.165) is 15.5 Å². The second kappa shape index (κ2) is 12.9. The van der Waals surface area contributed by atoms with E-state index in [4.69, 9.17) is 0 Å². The third-order valence-corrected chi connectivity index (χ3v) is 39.1. The van der Waals surface area contributed by atoms with Crippen molar-refractivity contribution in [1.29, 1.82) is 0 Å². The van der Waals surface area contributed by atoms with Crippen LogP contribution in [0, 0.1) is 31.3 Å². The van der Waals surface area contributed by atoms with E-state index in [0.29, 0.717) is 0 Å². The predicted molar refractivity (Wildman–Crippen MR) is 209 cm³/mol. The molecule has 5 radical (unpaired) electrons. The average Bonchev–Trinajstić information content (AvgIpc) is 3.13. The Labute approximate surface area is 261 Å². The van der Waals surface area contributed by atoms with Crippen molar-refractivity contribution < 1.29 is 0 Å². The van der Waals surface area contributed by atoms with Crippen molar-refractivity contribution in [2.45, 2.75) is 133 Å². The molecule has 1 fully saturated rings. The summed E-state index contributed by atoms with van der Waals surface area (Å²) < 4.78 is 0. The van der Waals surface area contributed by atoms with Crippen LogP contribution in [-0.2, 0) is 0 Å². The number of hydrogen-bond donors (Lipinski definition) is 0. The Bertz CT molecular complexity index is 939. The largest absolute Gasteiger partial charge is 0.0693 e. The molecule has 1 saturated carbocycles. The lowest BCUT2D eigenvalue weighted by molar-refractivity contribution is 1.10. The van der Waals surface area contributed by atoms with Gasteiger partial charge in [0.15, 0.2) is 0 Å². The molecule has 1 aliphatic rings. The van der Waals surface area contributed by atoms with Crippen molar-refractivity contribution in [1.82, 2.24) is 0 Å². The highest BCUT2D eigenvalue weighted by atomic mass is 31.7. The SMILES string of the molecule is C[Si](C)(C)C(c1cc(C([Si](C)(C)C)[Si](C)(C)C)c(P=P[C]2[CH][CH][CH][CH]2)c(C([Si](C)(C)C)[Si](C)(C)C)c1)[Si](C)(C)C. The molecule has 1 aromatic carbocycles. The molecule has 0 saturated heterocycles. The summed E-state index contributed by atoms with van der Waals surface area (Å²) in [6, 6.07) is 5.69. The van der Waals surface area contributed by atoms with Gasteiger partial charge in [0.1, 0.15) is 0 Å². The first-order valence-electron chi connectivity index (χ1n) is 15.5. The van der Waals surface area contributed by atoms with E-state index in [-0.39, 0.29) is 0 Å². The maximum absolute atomic E-state index is 2.85. The first-order valence-corrected chi connectivity index (χ1v) is 39.4. The highest BCUT2D eigenvalue weighted by Gasteiger charge is 2.46. The highest BCUT2D eigenvalue weighted by Crippen LogP contribution is 2.47. The van der Waals surface area contributed by atoms with Gasteiger partial charge in [-0.25, -0.2) is 0 Å². The molecule has 0 aliphatic heterocycles. The van der Waals surface area contributed by atoms with Crippen molar-refractivity contribution >= 4 is 69.5 Å². The molecule has 0 bridgehead atoms. The fourth-order valence-electron chi connectivity index (χ4n) is 8.73. The molecule has 0 spiro atoms. The van der Waals surface area contributed by atoms with Crippen LogP contribution in [0.1, 0.15) is 32.2 Å². The first kappa shape index (κ1) is 37.3. The smallest absolute Gasteiger partial charge is 0.0493 e. The van der Waals surface area contributed by atoms with E-state index >= 15 is 0 Å². The minimum Gasteiger partial charge on any atom is -0.0693 e. The second-order valence-electron chi connectivity index (χ2n) is 18.9. The molecular weight excluding hydrogens is 615 g/mol. The zero-order valence-electron chi connectivity index (χ0n) is 29.6. The summed E-state index contributed by atoms with van der Waals surface area (Å²) in [5.74, 6) is 0. The molecule has 0 heterocycles. The summed E-state index contributed by atoms with van der Waals surface area (Å²) in [5, 5.41) is 4.07. The van der Waals surface area contributed by atoms with Crippen molar-refractivity contribution in [2.75, 3.05) is 0 Å². The topological polar surface area (TPSA) is 0 Å². The Morgan fingerprint density at radius 2 is 0.725 bits per heavy atom. The van der Waals surface area contributed by atoms with Crippen LogP contribution in [0.15, 0.2) is 12.1 Å². The van der Waals surface area contributed by atoms with E-state index in [1.807, 2.05) is 0 Å². The molecular formula is C32H63P2Si6. The third-order valence-electron chi connectivity index (χ3n) is 8.25. The third kappa shape index (κ3) is 9.56. The summed E-state index contributed by atoms with van der Waals surface area (Å²) in [6.45, 7) is 47.9. The Morgan fingerprint density at radius 3 is 1.00 bits per heavy atom. The van der Waals surface area contributed by atoms with Gasteiger partial charge in [0.25, 0.3) is 0 Å². The van der Waals surface area contributed by atoms with Gasteiger partial charge >= 0.3 is 0 Å². The minimum absolute atomic E-state index is 0.768. The van der Waals surface area contributed by atoms with Crippen LogP contribution in [0.4, 0.5) is 0 Å². The van der Waals surface area contributed by atoms with Gasteiger partial charge in [-0.2, -0.15) is 0 Å². The van der Waals surface area contributed by atoms with Crippen molar-refractivity contribution in [2.24, 2.45) is 0 Å². The number of rotatable bonds is 11. The molecule has 8 heteroatoms. The van der Waals surface area contributed by atoms with E-state index in [2.05, 4.69) is 156 Å². The van der Waals surface area contributed by atoms with Crippen LogP contribution >= 0.6 is 15.7 Å². The quantitative estimate of drug-likeness (QED) is 0.161. The standard InChI is InChI=1S/C32H63P2Si6/c1-35(2,3)30(36(4,5)6)25-23-27(31(37(7,8)9)38(10,11)12)29(34-33-26-21-19-20-22-26)28(24-25)32(39(13,14)15)40(16,17)18/h19-24,30-32H,1-18H3. The summed E-state index contributed by atoms with van der Waals surface area (Å²) in [5.41, 5.74) is 6.82. The van der Waals surface area contributed by atoms with E-state index < -0.39 is 48.4 Å². The van der Waals surface area contributed by atoms with Crippen LogP contribution in [0.5, 0.6) is 0 Å². The molecule has 2 rings (SSSR count). The average molecular weight is 678 g/mol. The fraction of sp³-hybridized carbons (Fsp3) is 0.656. The number of hydrogen-bond acceptors (Lipinski definition) is 0. The summed E-state index contributed by atoms with van der Waals surface area (Å²) in [4.78, 5) is 0. The summed E-state index contributed by atoms with van der Waals surface area (Å²) >= 11 is 0. The van der Waals surface area contributed by atoms with Crippen LogP contribution in [-0.4, -0.2) is 48.4 Å². The van der Waals surface area contributed by atoms with Crippen molar-refractivity contribution in [3.63, 3.8) is 0 Å². The molecule has 0 aromatic heterocycles. The lowest BCUT2D eigenvalue weighted by atomic mass is 10.1. The molecule has 40 heavy (non-hydrogen) atoms. The van der Waals surface area contributed by atoms with Crippen LogP contribution in [0.2, 0.25) is 118 Å². The van der Waals surface area contributed by atoms with Gasteiger partial charge in [0.2, 0.25) is 0 Å². The van der Waals surface area contributed by atoms with Crippen molar-refractivity contribution in [3.8, 4) is 0 Å². The van der Waals surface area contributed by atoms with Crippen molar-refractivity contribution in [3.05, 3.63) is 60.2 Å². The van der Waals surface area contributed by atoms with Gasteiger partial charge in [-0.3, -0.25) is 0 Å². The van der Waals surface area contributed by atoms with E-state index in [1.165, 1.54) is 21.4 Å². The molecule has 0 amide bonds. The van der Waals surface area contributed by atoms with Gasteiger partial charge < -0.3 is 0 Å². The van der Waals surface area contributed by atoms with Crippen LogP contribution < -0.4 is 5.30 Å². The van der Waals surface area contributed by atoms with Gasteiger partial charge in [0.05, 0.1) is 0 Å². The maximum atomic E-state index is 2.85. The second-order valence-corrected chi connectivity index (χ2v) is 55.0. The lowest BCUT2D eigenvalue weighted by Crippen LogP contribution is -2.51. The Kier molecular flexibility index (Phi) is 12.0. The Balaban J connectivity index is 3.21. The Hall–Kier alpha value is 1.12. The molecule has 225 valence electrons. The van der Waals surface area contributed by atoms with Gasteiger partial charge in [0, 0.05) is 59.4 Å². The fourth-order valence-corrected chi connectivity index (χ4v) is 50.2. The monoisotopic (exact) mass is 677 g/mol. The van der Waals surface area contributed by atoms with E-state index in [9.17, 15) is 0 Å².